The predicted molar refractivity (Wildman–Crippen MR) is 91.0 cm³/mol. The lowest BCUT2D eigenvalue weighted by Crippen LogP contribution is -2.48. The fourth-order valence-electron chi connectivity index (χ4n) is 3.29. The van der Waals surface area contributed by atoms with E-state index in [2.05, 4.69) is 34.5 Å². The van der Waals surface area contributed by atoms with Crippen LogP contribution in [0.2, 0.25) is 0 Å². The van der Waals surface area contributed by atoms with E-state index in [-0.39, 0.29) is 11.9 Å². The predicted octanol–water partition coefficient (Wildman–Crippen LogP) is 3.36. The number of carbonyl (C=O) groups excluding carboxylic acids is 1. The lowest BCUT2D eigenvalue weighted by molar-refractivity contribution is -0.127. The summed E-state index contributed by atoms with van der Waals surface area (Å²) in [5, 5.41) is 2.79. The first kappa shape index (κ1) is 15.8. The van der Waals surface area contributed by atoms with Gasteiger partial charge >= 0.3 is 0 Å². The van der Waals surface area contributed by atoms with Gasteiger partial charge in [0.1, 0.15) is 11.5 Å². The fourth-order valence-corrected chi connectivity index (χ4v) is 3.29. The number of nitrogens with zero attached hydrogens (tertiary/aromatic N) is 1. The van der Waals surface area contributed by atoms with Crippen molar-refractivity contribution in [1.29, 1.82) is 0 Å². The first-order valence-electron chi connectivity index (χ1n) is 8.29. The number of benzene rings is 1. The van der Waals surface area contributed by atoms with Gasteiger partial charge in [0.15, 0.2) is 0 Å². The zero-order chi connectivity index (χ0) is 16.2. The quantitative estimate of drug-likeness (QED) is 0.941. The van der Waals surface area contributed by atoms with Crippen LogP contribution in [-0.2, 0) is 11.3 Å². The highest BCUT2D eigenvalue weighted by atomic mass is 16.3. The molecule has 0 spiro atoms. The Kier molecular flexibility index (Phi) is 4.82. The van der Waals surface area contributed by atoms with Crippen LogP contribution in [0.25, 0.3) is 11.3 Å². The molecular formula is C19H24N2O2. The van der Waals surface area contributed by atoms with Crippen molar-refractivity contribution in [3.63, 3.8) is 0 Å². The van der Waals surface area contributed by atoms with Crippen molar-refractivity contribution < 1.29 is 9.21 Å². The van der Waals surface area contributed by atoms with Gasteiger partial charge < -0.3 is 9.73 Å². The Bertz CT molecular complexity index is 678. The van der Waals surface area contributed by atoms with Crippen molar-refractivity contribution in [3.8, 4) is 11.3 Å². The van der Waals surface area contributed by atoms with Crippen LogP contribution in [0, 0.1) is 6.92 Å². The third kappa shape index (κ3) is 3.64. The van der Waals surface area contributed by atoms with Crippen LogP contribution < -0.4 is 5.32 Å². The van der Waals surface area contributed by atoms with E-state index in [9.17, 15) is 4.79 Å². The van der Waals surface area contributed by atoms with Crippen LogP contribution in [0.5, 0.6) is 0 Å². The highest BCUT2D eigenvalue weighted by Gasteiger charge is 2.27. The first-order chi connectivity index (χ1) is 11.2. The molecule has 1 fully saturated rings. The van der Waals surface area contributed by atoms with E-state index in [0.717, 1.165) is 49.4 Å². The second kappa shape index (κ2) is 7.01. The topological polar surface area (TPSA) is 45.5 Å². The zero-order valence-corrected chi connectivity index (χ0v) is 13.8. The van der Waals surface area contributed by atoms with Crippen LogP contribution in [0.15, 0.2) is 40.8 Å². The Labute approximate surface area is 137 Å². The summed E-state index contributed by atoms with van der Waals surface area (Å²) in [5.74, 6) is 1.94. The smallest absolute Gasteiger partial charge is 0.237 e. The molecule has 1 aromatic carbocycles. The first-order valence-corrected chi connectivity index (χ1v) is 8.29. The lowest BCUT2D eigenvalue weighted by Gasteiger charge is -2.34. The van der Waals surface area contributed by atoms with Crippen molar-refractivity contribution in [2.75, 3.05) is 13.6 Å². The molecule has 1 aromatic heterocycles. The molecule has 1 saturated heterocycles. The molecule has 4 heteroatoms. The number of nitrogens with one attached hydrogen (secondary N) is 1. The van der Waals surface area contributed by atoms with E-state index in [0.29, 0.717) is 0 Å². The molecule has 1 atom stereocenters. The maximum Gasteiger partial charge on any atom is 0.237 e. The van der Waals surface area contributed by atoms with Gasteiger partial charge in [0.05, 0.1) is 6.04 Å². The third-order valence-corrected chi connectivity index (χ3v) is 4.50. The summed E-state index contributed by atoms with van der Waals surface area (Å²) in [6.45, 7) is 3.73. The molecule has 1 aliphatic heterocycles. The Morgan fingerprint density at radius 1 is 1.30 bits per heavy atom. The van der Waals surface area contributed by atoms with Crippen molar-refractivity contribution in [1.82, 2.24) is 10.2 Å². The number of likely N-dealkylation sites (N-methyl/N-ethyl adjacent to an activating group) is 1. The van der Waals surface area contributed by atoms with Crippen molar-refractivity contribution in [2.24, 2.45) is 0 Å². The molecule has 1 amide bonds. The van der Waals surface area contributed by atoms with E-state index in [4.69, 9.17) is 4.42 Å². The Balaban J connectivity index is 1.78. The Morgan fingerprint density at radius 2 is 2.17 bits per heavy atom. The minimum absolute atomic E-state index is 0.0109. The zero-order valence-electron chi connectivity index (χ0n) is 13.8. The van der Waals surface area contributed by atoms with Crippen molar-refractivity contribution in [2.45, 2.75) is 38.8 Å². The molecule has 0 bridgehead atoms. The molecule has 1 N–H and O–H groups in total. The molecule has 3 rings (SSSR count). The molecule has 0 unspecified atom stereocenters. The van der Waals surface area contributed by atoms with Gasteiger partial charge in [-0.15, -0.1) is 0 Å². The normalized spacial score (nSPS) is 18.8. The van der Waals surface area contributed by atoms with Crippen LogP contribution in [0.4, 0.5) is 0 Å². The molecule has 1 aliphatic rings. The molecule has 0 saturated carbocycles. The molecule has 2 aromatic rings. The van der Waals surface area contributed by atoms with Gasteiger partial charge in [0.2, 0.25) is 5.91 Å². The van der Waals surface area contributed by atoms with E-state index in [1.807, 2.05) is 19.1 Å². The van der Waals surface area contributed by atoms with Gasteiger partial charge in [0.25, 0.3) is 0 Å². The number of rotatable bonds is 4. The van der Waals surface area contributed by atoms with Crippen molar-refractivity contribution >= 4 is 5.91 Å². The van der Waals surface area contributed by atoms with Crippen LogP contribution in [0.3, 0.4) is 0 Å². The fraction of sp³-hybridized carbons (Fsp3) is 0.421. The molecule has 122 valence electrons. The second-order valence-corrected chi connectivity index (χ2v) is 6.21. The number of furan rings is 1. The van der Waals surface area contributed by atoms with E-state index >= 15 is 0 Å². The van der Waals surface area contributed by atoms with Gasteiger partial charge in [0, 0.05) is 19.2 Å². The van der Waals surface area contributed by atoms with Crippen molar-refractivity contribution in [3.05, 3.63) is 47.7 Å². The summed E-state index contributed by atoms with van der Waals surface area (Å²) in [6, 6.07) is 12.4. The summed E-state index contributed by atoms with van der Waals surface area (Å²) in [5.41, 5.74) is 2.30. The maximum atomic E-state index is 12.1. The van der Waals surface area contributed by atoms with Gasteiger partial charge in [-0.2, -0.15) is 0 Å². The number of hydrogen-bond donors (Lipinski definition) is 1. The van der Waals surface area contributed by atoms with Crippen LogP contribution >= 0.6 is 0 Å². The SMILES string of the molecule is CNC(=O)[C@H]1CCCCN1Cc1cccc(-c2ccc(C)o2)c1. The number of carbonyl (C=O) groups is 1. The molecular weight excluding hydrogens is 288 g/mol. The molecule has 4 nitrogen and oxygen atoms in total. The minimum Gasteiger partial charge on any atom is -0.461 e. The largest absolute Gasteiger partial charge is 0.461 e. The van der Waals surface area contributed by atoms with Gasteiger partial charge in [-0.25, -0.2) is 0 Å². The average Bonchev–Trinajstić information content (AvgIpc) is 3.01. The number of piperidine rings is 1. The highest BCUT2D eigenvalue weighted by molar-refractivity contribution is 5.81. The standard InChI is InChI=1S/C19H24N2O2/c1-14-9-10-18(23-14)16-7-5-6-15(12-16)13-21-11-4-3-8-17(21)19(22)20-2/h5-7,9-10,12,17H,3-4,8,11,13H2,1-2H3,(H,20,22)/t17-/m1/s1. The maximum absolute atomic E-state index is 12.1. The molecule has 2 heterocycles. The molecule has 0 aliphatic carbocycles. The number of likely N-dealkylation sites (tertiary alicyclic amines) is 1. The van der Waals surface area contributed by atoms with Crippen LogP contribution in [0.1, 0.15) is 30.6 Å². The second-order valence-electron chi connectivity index (χ2n) is 6.21. The van der Waals surface area contributed by atoms with Crippen LogP contribution in [-0.4, -0.2) is 30.4 Å². The number of aryl methyl sites for hydroxylation is 1. The molecule has 23 heavy (non-hydrogen) atoms. The summed E-state index contributed by atoms with van der Waals surface area (Å²) < 4.78 is 5.71. The highest BCUT2D eigenvalue weighted by Crippen LogP contribution is 2.25. The monoisotopic (exact) mass is 312 g/mol. The summed E-state index contributed by atoms with van der Waals surface area (Å²) in [7, 11) is 1.72. The van der Waals surface area contributed by atoms with Gasteiger partial charge in [-0.3, -0.25) is 9.69 Å². The molecule has 0 radical (unpaired) electrons. The third-order valence-electron chi connectivity index (χ3n) is 4.50. The summed E-state index contributed by atoms with van der Waals surface area (Å²) in [4.78, 5) is 14.4. The summed E-state index contributed by atoms with van der Waals surface area (Å²) in [6.07, 6.45) is 3.22. The minimum atomic E-state index is -0.0109. The van der Waals surface area contributed by atoms with E-state index in [1.165, 1.54) is 5.56 Å². The van der Waals surface area contributed by atoms with E-state index in [1.54, 1.807) is 7.05 Å². The van der Waals surface area contributed by atoms with Gasteiger partial charge in [-0.05, 0) is 50.1 Å². The Morgan fingerprint density at radius 3 is 2.91 bits per heavy atom. The number of amides is 1. The van der Waals surface area contributed by atoms with Gasteiger partial charge in [-0.1, -0.05) is 24.6 Å². The number of hydrogen-bond acceptors (Lipinski definition) is 3. The van der Waals surface area contributed by atoms with E-state index < -0.39 is 0 Å². The lowest BCUT2D eigenvalue weighted by atomic mass is 10.00. The average molecular weight is 312 g/mol. The Hall–Kier alpha value is -2.07. The summed E-state index contributed by atoms with van der Waals surface area (Å²) >= 11 is 0.